The molecule has 3 aromatic rings. The van der Waals surface area contributed by atoms with Crippen molar-refractivity contribution in [3.05, 3.63) is 83.2 Å². The lowest BCUT2D eigenvalue weighted by molar-refractivity contribution is -0.132. The van der Waals surface area contributed by atoms with Crippen LogP contribution in [0, 0.1) is 0 Å². The van der Waals surface area contributed by atoms with Crippen LogP contribution in [0.1, 0.15) is 49.4 Å². The van der Waals surface area contributed by atoms with Gasteiger partial charge in [0.05, 0.1) is 18.2 Å². The Morgan fingerprint density at radius 2 is 1.94 bits per heavy atom. The summed E-state index contributed by atoms with van der Waals surface area (Å²) >= 11 is 0. The molecule has 1 N–H and O–H groups in total. The van der Waals surface area contributed by atoms with E-state index in [-0.39, 0.29) is 24.0 Å². The lowest BCUT2D eigenvalue weighted by Gasteiger charge is -2.25. The predicted octanol–water partition coefficient (Wildman–Crippen LogP) is 4.96. The number of fused-ring (bicyclic) bond motifs is 1. The average Bonchev–Trinajstić information content (AvgIpc) is 3.46. The quantitative estimate of drug-likeness (QED) is 0.299. The second-order valence-electron chi connectivity index (χ2n) is 8.83. The van der Waals surface area contributed by atoms with Gasteiger partial charge in [-0.15, -0.1) is 0 Å². The minimum Gasteiger partial charge on any atom is -0.507 e. The Morgan fingerprint density at radius 1 is 1.14 bits per heavy atom. The molecular weight excluding hydrogens is 460 g/mol. The van der Waals surface area contributed by atoms with E-state index in [0.717, 1.165) is 5.56 Å². The van der Waals surface area contributed by atoms with E-state index in [0.29, 0.717) is 40.7 Å². The molecule has 184 valence electrons. The van der Waals surface area contributed by atoms with Gasteiger partial charge in [-0.25, -0.2) is 0 Å². The molecule has 2 aliphatic heterocycles. The highest BCUT2D eigenvalue weighted by atomic mass is 16.7. The van der Waals surface area contributed by atoms with Gasteiger partial charge in [-0.05, 0) is 60.4 Å². The van der Waals surface area contributed by atoms with Crippen molar-refractivity contribution in [3.63, 3.8) is 0 Å². The molecule has 1 aromatic heterocycles. The predicted molar refractivity (Wildman–Crippen MR) is 133 cm³/mol. The molecule has 2 aromatic carbocycles. The van der Waals surface area contributed by atoms with E-state index in [1.165, 1.54) is 4.90 Å². The average molecular weight is 487 g/mol. The number of nitrogens with zero attached hydrogens (tertiary/aromatic N) is 2. The van der Waals surface area contributed by atoms with E-state index in [1.807, 2.05) is 20.8 Å². The van der Waals surface area contributed by atoms with Crippen molar-refractivity contribution in [1.82, 2.24) is 4.98 Å². The molecule has 1 atom stereocenters. The minimum atomic E-state index is -0.881. The Kier molecular flexibility index (Phi) is 6.10. The highest BCUT2D eigenvalue weighted by molar-refractivity contribution is 6.51. The van der Waals surface area contributed by atoms with Crippen molar-refractivity contribution >= 4 is 23.1 Å². The maximum atomic E-state index is 13.4. The molecule has 1 saturated heterocycles. The van der Waals surface area contributed by atoms with Crippen LogP contribution >= 0.6 is 0 Å². The summed E-state index contributed by atoms with van der Waals surface area (Å²) in [7, 11) is 0. The minimum absolute atomic E-state index is 0.00969. The number of pyridine rings is 1. The highest BCUT2D eigenvalue weighted by Gasteiger charge is 2.47. The first-order valence-electron chi connectivity index (χ1n) is 11.8. The number of amides is 1. The zero-order valence-electron chi connectivity index (χ0n) is 20.2. The molecule has 5 rings (SSSR count). The molecule has 0 saturated carbocycles. The largest absolute Gasteiger partial charge is 0.507 e. The van der Waals surface area contributed by atoms with Crippen LogP contribution in [-0.4, -0.2) is 35.2 Å². The molecule has 3 heterocycles. The first-order chi connectivity index (χ1) is 17.4. The molecular formula is C28H26N2O6. The Labute approximate surface area is 208 Å². The van der Waals surface area contributed by atoms with Gasteiger partial charge in [-0.1, -0.05) is 19.9 Å². The van der Waals surface area contributed by atoms with Gasteiger partial charge in [0, 0.05) is 29.7 Å². The zero-order valence-corrected chi connectivity index (χ0v) is 20.2. The van der Waals surface area contributed by atoms with E-state index in [4.69, 9.17) is 14.2 Å². The number of aromatic nitrogens is 1. The van der Waals surface area contributed by atoms with Crippen LogP contribution in [0.4, 0.5) is 5.69 Å². The summed E-state index contributed by atoms with van der Waals surface area (Å²) in [6, 6.07) is 12.9. The molecule has 1 amide bonds. The lowest BCUT2D eigenvalue weighted by atomic mass is 9.93. The molecule has 8 nitrogen and oxygen atoms in total. The monoisotopic (exact) mass is 486 g/mol. The topological polar surface area (TPSA) is 98.2 Å². The van der Waals surface area contributed by atoms with Gasteiger partial charge in [0.25, 0.3) is 11.7 Å². The fraction of sp³-hybridized carbons (Fsp3) is 0.250. The van der Waals surface area contributed by atoms with Crippen molar-refractivity contribution in [2.45, 2.75) is 32.7 Å². The standard InChI is InChI=1S/C28H26N2O6/c1-4-34-21-9-7-17(12-20(21)16(2)3)26(31)24-25(18-6-5-11-29-14-18)30(28(33)27(24)32)19-8-10-22-23(13-19)36-15-35-22/h5-14,16,25,31H,4,15H2,1-3H3/b26-24+. The number of Topliss-reactive ketones (excluding diaryl/α,β-unsaturated/α-hetero) is 1. The summed E-state index contributed by atoms with van der Waals surface area (Å²) in [5, 5.41) is 11.5. The third-order valence-corrected chi connectivity index (χ3v) is 6.28. The maximum absolute atomic E-state index is 13.4. The maximum Gasteiger partial charge on any atom is 0.300 e. The van der Waals surface area contributed by atoms with Crippen LogP contribution < -0.4 is 19.1 Å². The van der Waals surface area contributed by atoms with Gasteiger partial charge in [0.2, 0.25) is 6.79 Å². The number of carbonyl (C=O) groups excluding carboxylic acids is 2. The Bertz CT molecular complexity index is 1370. The van der Waals surface area contributed by atoms with E-state index in [1.54, 1.807) is 60.9 Å². The van der Waals surface area contributed by atoms with Gasteiger partial charge in [-0.3, -0.25) is 19.5 Å². The summed E-state index contributed by atoms with van der Waals surface area (Å²) in [6.45, 7) is 6.54. The smallest absolute Gasteiger partial charge is 0.300 e. The molecule has 0 aliphatic carbocycles. The van der Waals surface area contributed by atoms with E-state index >= 15 is 0 Å². The Morgan fingerprint density at radius 3 is 2.67 bits per heavy atom. The van der Waals surface area contributed by atoms with Gasteiger partial charge in [0.15, 0.2) is 11.5 Å². The normalized spacial score (nSPS) is 18.2. The fourth-order valence-electron chi connectivity index (χ4n) is 4.58. The molecule has 0 bridgehead atoms. The van der Waals surface area contributed by atoms with Gasteiger partial charge in [0.1, 0.15) is 11.5 Å². The van der Waals surface area contributed by atoms with Crippen LogP contribution in [0.25, 0.3) is 5.76 Å². The number of carbonyl (C=O) groups is 2. The highest BCUT2D eigenvalue weighted by Crippen LogP contribution is 2.45. The number of ether oxygens (including phenoxy) is 3. The number of anilines is 1. The molecule has 8 heteroatoms. The number of aliphatic hydroxyl groups excluding tert-OH is 1. The van der Waals surface area contributed by atoms with Crippen LogP contribution in [0.15, 0.2) is 66.5 Å². The lowest BCUT2D eigenvalue weighted by Crippen LogP contribution is -2.29. The zero-order chi connectivity index (χ0) is 25.4. The van der Waals surface area contributed by atoms with Gasteiger partial charge < -0.3 is 19.3 Å². The molecule has 0 radical (unpaired) electrons. The summed E-state index contributed by atoms with van der Waals surface area (Å²) in [5.41, 5.74) is 2.35. The van der Waals surface area contributed by atoms with Gasteiger partial charge in [-0.2, -0.15) is 0 Å². The fourth-order valence-corrected chi connectivity index (χ4v) is 4.58. The summed E-state index contributed by atoms with van der Waals surface area (Å²) in [4.78, 5) is 32.3. The van der Waals surface area contributed by atoms with Crippen LogP contribution in [0.2, 0.25) is 0 Å². The summed E-state index contributed by atoms with van der Waals surface area (Å²) in [6.07, 6.45) is 3.19. The van der Waals surface area contributed by atoms with E-state index < -0.39 is 17.7 Å². The molecule has 0 spiro atoms. The van der Waals surface area contributed by atoms with Crippen molar-refractivity contribution in [2.75, 3.05) is 18.3 Å². The first kappa shape index (κ1) is 23.4. The first-order valence-corrected chi connectivity index (χ1v) is 11.8. The third-order valence-electron chi connectivity index (χ3n) is 6.28. The number of aliphatic hydroxyl groups is 1. The van der Waals surface area contributed by atoms with Crippen molar-refractivity contribution in [3.8, 4) is 17.2 Å². The number of rotatable bonds is 6. The van der Waals surface area contributed by atoms with Crippen molar-refractivity contribution < 1.29 is 28.9 Å². The number of hydrogen-bond acceptors (Lipinski definition) is 7. The van der Waals surface area contributed by atoms with Crippen LogP contribution in [0.3, 0.4) is 0 Å². The second-order valence-corrected chi connectivity index (χ2v) is 8.83. The molecule has 36 heavy (non-hydrogen) atoms. The van der Waals surface area contributed by atoms with E-state index in [9.17, 15) is 14.7 Å². The van der Waals surface area contributed by atoms with E-state index in [2.05, 4.69) is 4.98 Å². The number of benzene rings is 2. The number of hydrogen-bond donors (Lipinski definition) is 1. The SMILES string of the molecule is CCOc1ccc(/C(O)=C2\C(=O)C(=O)N(c3ccc4c(c3)OCO4)C2c2cccnc2)cc1C(C)C. The molecule has 1 fully saturated rings. The second kappa shape index (κ2) is 9.37. The Hall–Kier alpha value is -4.33. The summed E-state index contributed by atoms with van der Waals surface area (Å²) < 4.78 is 16.6. The van der Waals surface area contributed by atoms with Crippen LogP contribution in [0.5, 0.6) is 17.2 Å². The van der Waals surface area contributed by atoms with Gasteiger partial charge >= 0.3 is 0 Å². The molecule has 1 unspecified atom stereocenters. The molecule has 2 aliphatic rings. The van der Waals surface area contributed by atoms with Crippen molar-refractivity contribution in [1.29, 1.82) is 0 Å². The third kappa shape index (κ3) is 3.94. The number of ketones is 1. The summed E-state index contributed by atoms with van der Waals surface area (Å²) in [5.74, 6) is 0.0862. The van der Waals surface area contributed by atoms with Crippen molar-refractivity contribution in [2.24, 2.45) is 0 Å². The Balaban J connectivity index is 1.68. The van der Waals surface area contributed by atoms with Crippen LogP contribution in [-0.2, 0) is 9.59 Å².